The van der Waals surface area contributed by atoms with Crippen molar-refractivity contribution in [3.63, 3.8) is 0 Å². The number of Topliss-reactive ketones (excluding diaryl/α,β-unsaturated/α-hetero) is 1. The van der Waals surface area contributed by atoms with Crippen molar-refractivity contribution in [3.8, 4) is 0 Å². The maximum Gasteiger partial charge on any atom is 0.149 e. The van der Waals surface area contributed by atoms with E-state index in [-0.39, 0.29) is 12.1 Å². The second kappa shape index (κ2) is 5.61. The van der Waals surface area contributed by atoms with Crippen LogP contribution in [0, 0.1) is 5.92 Å². The van der Waals surface area contributed by atoms with E-state index in [1.807, 2.05) is 13.8 Å². The molecule has 1 fully saturated rings. The number of hydrogen-bond acceptors (Lipinski definition) is 3. The van der Waals surface area contributed by atoms with Crippen molar-refractivity contribution in [1.82, 2.24) is 4.90 Å². The number of carbonyl (C=O) groups is 1. The van der Waals surface area contributed by atoms with Gasteiger partial charge in [-0.2, -0.15) is 0 Å². The Morgan fingerprint density at radius 2 is 2.27 bits per heavy atom. The number of methoxy groups -OCH3 is 1. The van der Waals surface area contributed by atoms with Gasteiger partial charge in [-0.25, -0.2) is 0 Å². The van der Waals surface area contributed by atoms with Crippen LogP contribution in [0.1, 0.15) is 33.6 Å². The molecule has 0 N–H and O–H groups in total. The fourth-order valence-electron chi connectivity index (χ4n) is 2.22. The molecule has 0 radical (unpaired) electrons. The van der Waals surface area contributed by atoms with Gasteiger partial charge in [-0.05, 0) is 25.8 Å². The molecule has 3 heteroatoms. The molecule has 1 rings (SSSR count). The molecular formula is C12H23NO2. The third-order valence-electron chi connectivity index (χ3n) is 3.59. The summed E-state index contributed by atoms with van der Waals surface area (Å²) in [6, 6.07) is 0.0557. The quantitative estimate of drug-likeness (QED) is 0.712. The molecule has 0 saturated carbocycles. The van der Waals surface area contributed by atoms with E-state index in [1.165, 1.54) is 0 Å². The lowest BCUT2D eigenvalue weighted by atomic mass is 9.94. The van der Waals surface area contributed by atoms with Crippen LogP contribution in [-0.4, -0.2) is 43.0 Å². The highest BCUT2D eigenvalue weighted by Crippen LogP contribution is 2.21. The standard InChI is InChI=1S/C12H23NO2/c1-5-11(14)10(3)13-7-6-9(2)12(8-13)15-4/h9-10,12H,5-8H2,1-4H3. The Kier molecular flexibility index (Phi) is 4.74. The molecule has 3 unspecified atom stereocenters. The Hall–Kier alpha value is -0.410. The second-order valence-electron chi connectivity index (χ2n) is 4.53. The minimum Gasteiger partial charge on any atom is -0.380 e. The summed E-state index contributed by atoms with van der Waals surface area (Å²) in [7, 11) is 1.76. The van der Waals surface area contributed by atoms with Crippen molar-refractivity contribution < 1.29 is 9.53 Å². The topological polar surface area (TPSA) is 29.5 Å². The van der Waals surface area contributed by atoms with Crippen LogP contribution in [0.2, 0.25) is 0 Å². The van der Waals surface area contributed by atoms with Crippen LogP contribution in [0.15, 0.2) is 0 Å². The summed E-state index contributed by atoms with van der Waals surface area (Å²) < 4.78 is 5.44. The molecule has 0 bridgehead atoms. The van der Waals surface area contributed by atoms with Crippen molar-refractivity contribution in [2.24, 2.45) is 5.92 Å². The molecule has 1 saturated heterocycles. The van der Waals surface area contributed by atoms with Gasteiger partial charge < -0.3 is 4.74 Å². The first-order valence-electron chi connectivity index (χ1n) is 5.89. The first kappa shape index (κ1) is 12.7. The maximum atomic E-state index is 11.6. The van der Waals surface area contributed by atoms with E-state index in [4.69, 9.17) is 4.74 Å². The van der Waals surface area contributed by atoms with Crippen molar-refractivity contribution in [2.45, 2.75) is 45.8 Å². The number of ketones is 1. The van der Waals surface area contributed by atoms with E-state index >= 15 is 0 Å². The van der Waals surface area contributed by atoms with Gasteiger partial charge in [0.2, 0.25) is 0 Å². The molecule has 0 amide bonds. The minimum absolute atomic E-state index is 0.0557. The number of hydrogen-bond donors (Lipinski definition) is 0. The van der Waals surface area contributed by atoms with Crippen LogP contribution in [0.5, 0.6) is 0 Å². The third kappa shape index (κ3) is 3.02. The van der Waals surface area contributed by atoms with Crippen LogP contribution in [-0.2, 0) is 9.53 Å². The van der Waals surface area contributed by atoms with Gasteiger partial charge >= 0.3 is 0 Å². The fraction of sp³-hybridized carbons (Fsp3) is 0.917. The number of carbonyl (C=O) groups excluding carboxylic acids is 1. The van der Waals surface area contributed by atoms with E-state index in [0.29, 0.717) is 18.1 Å². The van der Waals surface area contributed by atoms with E-state index in [2.05, 4.69) is 11.8 Å². The monoisotopic (exact) mass is 213 g/mol. The van der Waals surface area contributed by atoms with Gasteiger partial charge in [-0.15, -0.1) is 0 Å². The summed E-state index contributed by atoms with van der Waals surface area (Å²) in [5.74, 6) is 0.939. The van der Waals surface area contributed by atoms with Gasteiger partial charge in [-0.3, -0.25) is 9.69 Å². The zero-order valence-electron chi connectivity index (χ0n) is 10.3. The number of likely N-dealkylation sites (tertiary alicyclic amines) is 1. The Morgan fingerprint density at radius 1 is 1.60 bits per heavy atom. The fourth-order valence-corrected chi connectivity index (χ4v) is 2.22. The van der Waals surface area contributed by atoms with Gasteiger partial charge in [0.1, 0.15) is 5.78 Å². The molecule has 1 aliphatic heterocycles. The first-order valence-corrected chi connectivity index (χ1v) is 5.89. The summed E-state index contributed by atoms with van der Waals surface area (Å²) in [6.45, 7) is 8.07. The predicted molar refractivity (Wildman–Crippen MR) is 60.9 cm³/mol. The zero-order valence-corrected chi connectivity index (χ0v) is 10.3. The van der Waals surface area contributed by atoms with E-state index in [1.54, 1.807) is 7.11 Å². The molecule has 3 atom stereocenters. The number of rotatable bonds is 4. The molecule has 0 aromatic carbocycles. The molecular weight excluding hydrogens is 190 g/mol. The van der Waals surface area contributed by atoms with Gasteiger partial charge in [0.05, 0.1) is 12.1 Å². The number of nitrogens with zero attached hydrogens (tertiary/aromatic N) is 1. The highest BCUT2D eigenvalue weighted by molar-refractivity contribution is 5.83. The number of piperidine rings is 1. The van der Waals surface area contributed by atoms with Crippen LogP contribution in [0.4, 0.5) is 0 Å². The van der Waals surface area contributed by atoms with Crippen molar-refractivity contribution in [1.29, 1.82) is 0 Å². The normalized spacial score (nSPS) is 30.1. The predicted octanol–water partition coefficient (Wildman–Crippen LogP) is 1.71. The molecule has 15 heavy (non-hydrogen) atoms. The molecule has 0 spiro atoms. The van der Waals surface area contributed by atoms with Gasteiger partial charge in [0, 0.05) is 20.1 Å². The summed E-state index contributed by atoms with van der Waals surface area (Å²) >= 11 is 0. The lowest BCUT2D eigenvalue weighted by Crippen LogP contribution is -2.50. The Morgan fingerprint density at radius 3 is 2.80 bits per heavy atom. The molecule has 1 heterocycles. The van der Waals surface area contributed by atoms with Gasteiger partial charge in [0.25, 0.3) is 0 Å². The Labute approximate surface area is 92.8 Å². The molecule has 3 nitrogen and oxygen atoms in total. The molecule has 0 aromatic heterocycles. The average molecular weight is 213 g/mol. The van der Waals surface area contributed by atoms with E-state index in [9.17, 15) is 4.79 Å². The van der Waals surface area contributed by atoms with Crippen LogP contribution >= 0.6 is 0 Å². The van der Waals surface area contributed by atoms with Gasteiger partial charge in [0.15, 0.2) is 0 Å². The van der Waals surface area contributed by atoms with Crippen LogP contribution < -0.4 is 0 Å². The minimum atomic E-state index is 0.0557. The summed E-state index contributed by atoms with van der Waals surface area (Å²) in [6.07, 6.45) is 2.04. The lowest BCUT2D eigenvalue weighted by molar-refractivity contribution is -0.125. The third-order valence-corrected chi connectivity index (χ3v) is 3.59. The van der Waals surface area contributed by atoms with Crippen LogP contribution in [0.25, 0.3) is 0 Å². The maximum absolute atomic E-state index is 11.6. The first-order chi connectivity index (χ1) is 7.10. The largest absolute Gasteiger partial charge is 0.380 e. The van der Waals surface area contributed by atoms with E-state index in [0.717, 1.165) is 19.5 Å². The molecule has 0 aromatic rings. The molecule has 88 valence electrons. The second-order valence-corrected chi connectivity index (χ2v) is 4.53. The zero-order chi connectivity index (χ0) is 11.4. The van der Waals surface area contributed by atoms with Gasteiger partial charge in [-0.1, -0.05) is 13.8 Å². The summed E-state index contributed by atoms with van der Waals surface area (Å²) in [4.78, 5) is 13.9. The number of ether oxygens (including phenoxy) is 1. The Bertz CT molecular complexity index is 218. The highest BCUT2D eigenvalue weighted by Gasteiger charge is 2.30. The Balaban J connectivity index is 2.54. The molecule has 1 aliphatic rings. The smallest absolute Gasteiger partial charge is 0.149 e. The SMILES string of the molecule is CCC(=O)C(C)N1CCC(C)C(OC)C1. The van der Waals surface area contributed by atoms with Crippen molar-refractivity contribution in [3.05, 3.63) is 0 Å². The average Bonchev–Trinajstić information content (AvgIpc) is 2.27. The van der Waals surface area contributed by atoms with Crippen LogP contribution in [0.3, 0.4) is 0 Å². The highest BCUT2D eigenvalue weighted by atomic mass is 16.5. The van der Waals surface area contributed by atoms with Crippen molar-refractivity contribution in [2.75, 3.05) is 20.2 Å². The summed E-state index contributed by atoms with van der Waals surface area (Å²) in [5, 5.41) is 0. The van der Waals surface area contributed by atoms with E-state index < -0.39 is 0 Å². The molecule has 0 aliphatic carbocycles. The van der Waals surface area contributed by atoms with Crippen molar-refractivity contribution >= 4 is 5.78 Å². The lowest BCUT2D eigenvalue weighted by Gasteiger charge is -2.38. The summed E-state index contributed by atoms with van der Waals surface area (Å²) in [5.41, 5.74) is 0.